The van der Waals surface area contributed by atoms with Gasteiger partial charge in [0.15, 0.2) is 6.61 Å². The van der Waals surface area contributed by atoms with Crippen LogP contribution in [0.3, 0.4) is 0 Å². The van der Waals surface area contributed by atoms with E-state index >= 15 is 0 Å². The summed E-state index contributed by atoms with van der Waals surface area (Å²) in [6.07, 6.45) is 0. The van der Waals surface area contributed by atoms with E-state index in [1.54, 1.807) is 6.92 Å². The van der Waals surface area contributed by atoms with Gasteiger partial charge in [-0.2, -0.15) is 0 Å². The molecule has 0 aliphatic carbocycles. The molecule has 0 spiro atoms. The lowest BCUT2D eigenvalue weighted by atomic mass is 10.00. The zero-order valence-electron chi connectivity index (χ0n) is 16.6. The molecule has 3 aromatic carbocycles. The normalized spacial score (nSPS) is 12.4. The summed E-state index contributed by atoms with van der Waals surface area (Å²) < 4.78 is 28.1. The quantitative estimate of drug-likeness (QED) is 0.588. The topological polar surface area (TPSA) is 116 Å². The number of hydrogen-bond acceptors (Lipinski definition) is 5. The minimum atomic E-state index is -3.96. The highest BCUT2D eigenvalue weighted by Crippen LogP contribution is 2.24. The van der Waals surface area contributed by atoms with Gasteiger partial charge >= 0.3 is 5.97 Å². The molecule has 1 amide bonds. The molecule has 0 saturated carbocycles. The van der Waals surface area contributed by atoms with Gasteiger partial charge in [-0.25, -0.2) is 18.4 Å². The van der Waals surface area contributed by atoms with Crippen LogP contribution >= 0.6 is 0 Å². The molecule has 0 bridgehead atoms. The highest BCUT2D eigenvalue weighted by Gasteiger charge is 2.18. The number of carbonyl (C=O) groups is 2. The number of rotatable bonds is 6. The average Bonchev–Trinajstić information content (AvgIpc) is 2.71. The van der Waals surface area contributed by atoms with Gasteiger partial charge in [-0.05, 0) is 47.9 Å². The Morgan fingerprint density at radius 3 is 2.50 bits per heavy atom. The van der Waals surface area contributed by atoms with Crippen molar-refractivity contribution in [3.05, 3.63) is 77.4 Å². The van der Waals surface area contributed by atoms with Crippen LogP contribution in [0.1, 0.15) is 34.5 Å². The van der Waals surface area contributed by atoms with Crippen molar-refractivity contribution < 1.29 is 22.7 Å². The van der Waals surface area contributed by atoms with Gasteiger partial charge in [0.25, 0.3) is 5.91 Å². The van der Waals surface area contributed by atoms with Crippen molar-refractivity contribution in [3.8, 4) is 0 Å². The lowest BCUT2D eigenvalue weighted by Crippen LogP contribution is -2.31. The van der Waals surface area contributed by atoms with E-state index in [9.17, 15) is 18.0 Å². The Kier molecular flexibility index (Phi) is 6.19. The van der Waals surface area contributed by atoms with Crippen LogP contribution in [0.25, 0.3) is 10.8 Å². The number of primary sulfonamides is 1. The fourth-order valence-electron chi connectivity index (χ4n) is 3.20. The second-order valence-electron chi connectivity index (χ2n) is 6.96. The molecule has 3 N–H and O–H groups in total. The van der Waals surface area contributed by atoms with Crippen molar-refractivity contribution in [2.24, 2.45) is 5.14 Å². The molecule has 8 heteroatoms. The molecule has 0 fully saturated rings. The number of nitrogens with one attached hydrogen (secondary N) is 1. The summed E-state index contributed by atoms with van der Waals surface area (Å²) in [5.74, 6) is -1.27. The van der Waals surface area contributed by atoms with Crippen molar-refractivity contribution in [3.63, 3.8) is 0 Å². The first kappa shape index (κ1) is 21.5. The molecule has 0 radical (unpaired) electrons. The number of aryl methyl sites for hydroxylation is 1. The molecule has 0 aliphatic heterocycles. The van der Waals surface area contributed by atoms with Crippen LogP contribution in [0, 0.1) is 6.92 Å². The molecular weight excluding hydrogens is 404 g/mol. The Morgan fingerprint density at radius 2 is 1.77 bits per heavy atom. The number of carbonyl (C=O) groups excluding carboxylic acids is 2. The summed E-state index contributed by atoms with van der Waals surface area (Å²) in [6, 6.07) is 17.3. The number of hydrogen-bond donors (Lipinski definition) is 2. The summed E-state index contributed by atoms with van der Waals surface area (Å²) in [4.78, 5) is 24.4. The minimum Gasteiger partial charge on any atom is -0.452 e. The summed E-state index contributed by atoms with van der Waals surface area (Å²) in [5, 5.41) is 10.0. The maximum atomic E-state index is 12.3. The Bertz CT molecular complexity index is 1220. The van der Waals surface area contributed by atoms with Gasteiger partial charge in [0.1, 0.15) is 0 Å². The molecule has 3 rings (SSSR count). The summed E-state index contributed by atoms with van der Waals surface area (Å²) >= 11 is 0. The van der Waals surface area contributed by atoms with Crippen LogP contribution in [0.4, 0.5) is 0 Å². The molecule has 156 valence electrons. The average molecular weight is 426 g/mol. The van der Waals surface area contributed by atoms with Gasteiger partial charge in [-0.3, -0.25) is 4.79 Å². The van der Waals surface area contributed by atoms with E-state index in [1.165, 1.54) is 12.1 Å². The lowest BCUT2D eigenvalue weighted by Gasteiger charge is -2.17. The maximum absolute atomic E-state index is 12.3. The summed E-state index contributed by atoms with van der Waals surface area (Å²) in [7, 11) is -3.96. The SMILES string of the molecule is Cc1ccc(S(N)(=O)=O)cc1C(=O)OCC(=O)NC(C)c1cccc2ccccc12. The predicted molar refractivity (Wildman–Crippen MR) is 113 cm³/mol. The smallest absolute Gasteiger partial charge is 0.338 e. The highest BCUT2D eigenvalue weighted by molar-refractivity contribution is 7.89. The fourth-order valence-corrected chi connectivity index (χ4v) is 3.74. The van der Waals surface area contributed by atoms with Crippen molar-refractivity contribution >= 4 is 32.7 Å². The maximum Gasteiger partial charge on any atom is 0.338 e. The van der Waals surface area contributed by atoms with Gasteiger partial charge in [0.2, 0.25) is 10.0 Å². The second kappa shape index (κ2) is 8.64. The van der Waals surface area contributed by atoms with Crippen LogP contribution in [0.5, 0.6) is 0 Å². The van der Waals surface area contributed by atoms with E-state index in [0.717, 1.165) is 22.4 Å². The Labute approximate surface area is 174 Å². The lowest BCUT2D eigenvalue weighted by molar-refractivity contribution is -0.124. The molecule has 0 saturated heterocycles. The van der Waals surface area contributed by atoms with E-state index in [0.29, 0.717) is 5.56 Å². The third-order valence-corrected chi connectivity index (χ3v) is 5.67. The number of esters is 1. The molecule has 0 aromatic heterocycles. The highest BCUT2D eigenvalue weighted by atomic mass is 32.2. The van der Waals surface area contributed by atoms with Crippen LogP contribution in [0.15, 0.2) is 65.6 Å². The molecule has 1 unspecified atom stereocenters. The largest absolute Gasteiger partial charge is 0.452 e. The molecule has 0 aliphatic rings. The first-order valence-corrected chi connectivity index (χ1v) is 10.8. The monoisotopic (exact) mass is 426 g/mol. The first-order chi connectivity index (χ1) is 14.2. The van der Waals surface area contributed by atoms with Gasteiger partial charge in [0.05, 0.1) is 16.5 Å². The molecular formula is C22H22N2O5S. The van der Waals surface area contributed by atoms with Gasteiger partial charge in [-0.1, -0.05) is 48.5 Å². The predicted octanol–water partition coefficient (Wildman–Crippen LogP) is 2.83. The number of ether oxygens (including phenoxy) is 1. The van der Waals surface area contributed by atoms with E-state index in [1.807, 2.05) is 49.4 Å². The van der Waals surface area contributed by atoms with Gasteiger partial charge in [0, 0.05) is 0 Å². The molecule has 0 heterocycles. The number of sulfonamides is 1. The Morgan fingerprint density at radius 1 is 1.07 bits per heavy atom. The Balaban J connectivity index is 1.67. The van der Waals surface area contributed by atoms with Crippen molar-refractivity contribution in [2.75, 3.05) is 6.61 Å². The molecule has 30 heavy (non-hydrogen) atoms. The fraction of sp³-hybridized carbons (Fsp3) is 0.182. The van der Waals surface area contributed by atoms with Crippen molar-refractivity contribution in [2.45, 2.75) is 24.8 Å². The van der Waals surface area contributed by atoms with Crippen LogP contribution in [0.2, 0.25) is 0 Å². The van der Waals surface area contributed by atoms with E-state index < -0.39 is 28.5 Å². The van der Waals surface area contributed by atoms with Crippen molar-refractivity contribution in [1.29, 1.82) is 0 Å². The second-order valence-corrected chi connectivity index (χ2v) is 8.52. The standard InChI is InChI=1S/C22H22N2O5S/c1-14-10-11-17(30(23,27)28)12-20(14)22(26)29-13-21(25)24-15(2)18-9-5-7-16-6-3-4-8-19(16)18/h3-12,15H,13H2,1-2H3,(H,24,25)(H2,23,27,28). The van der Waals surface area contributed by atoms with E-state index in [-0.39, 0.29) is 16.5 Å². The number of fused-ring (bicyclic) bond motifs is 1. The third kappa shape index (κ3) is 4.84. The zero-order chi connectivity index (χ0) is 21.9. The number of benzene rings is 3. The molecule has 3 aromatic rings. The van der Waals surface area contributed by atoms with Gasteiger partial charge in [-0.15, -0.1) is 0 Å². The Hall–Kier alpha value is -3.23. The third-order valence-electron chi connectivity index (χ3n) is 4.76. The number of nitrogens with two attached hydrogens (primary N) is 1. The van der Waals surface area contributed by atoms with Crippen LogP contribution < -0.4 is 10.5 Å². The first-order valence-electron chi connectivity index (χ1n) is 9.24. The minimum absolute atomic E-state index is 0.0384. The number of amides is 1. The summed E-state index contributed by atoms with van der Waals surface area (Å²) in [5.41, 5.74) is 1.50. The summed E-state index contributed by atoms with van der Waals surface area (Å²) in [6.45, 7) is 2.99. The van der Waals surface area contributed by atoms with Crippen LogP contribution in [-0.4, -0.2) is 26.9 Å². The van der Waals surface area contributed by atoms with Crippen LogP contribution in [-0.2, 0) is 19.6 Å². The van der Waals surface area contributed by atoms with Crippen molar-refractivity contribution in [1.82, 2.24) is 5.32 Å². The van der Waals surface area contributed by atoms with E-state index in [2.05, 4.69) is 5.32 Å². The zero-order valence-corrected chi connectivity index (χ0v) is 17.4. The van der Waals surface area contributed by atoms with Gasteiger partial charge < -0.3 is 10.1 Å². The molecule has 7 nitrogen and oxygen atoms in total. The van der Waals surface area contributed by atoms with E-state index in [4.69, 9.17) is 9.88 Å². The molecule has 1 atom stereocenters.